The molecule has 2 atom stereocenters. The molecule has 3 aromatic rings. The van der Waals surface area contributed by atoms with Crippen LogP contribution in [0.3, 0.4) is 0 Å². The van der Waals surface area contributed by atoms with Gasteiger partial charge in [0.05, 0.1) is 37.3 Å². The van der Waals surface area contributed by atoms with Crippen molar-refractivity contribution in [1.29, 1.82) is 0 Å². The van der Waals surface area contributed by atoms with Crippen LogP contribution in [0.4, 0.5) is 11.4 Å². The van der Waals surface area contributed by atoms with Crippen LogP contribution < -0.4 is 0 Å². The number of non-ortho nitro benzene ring substituents is 1. The SMILES string of the molecule is O=[N+]([O-])c1ccc(C2CC(c3ccccc3Cl)=Nc3ccccc3S2=O)cc1. The van der Waals surface area contributed by atoms with E-state index in [0.717, 1.165) is 16.8 Å². The van der Waals surface area contributed by atoms with E-state index in [0.29, 0.717) is 22.0 Å². The normalized spacial score (nSPS) is 18.7. The molecule has 0 N–H and O–H groups in total. The number of rotatable bonds is 3. The van der Waals surface area contributed by atoms with Crippen LogP contribution in [0.25, 0.3) is 0 Å². The van der Waals surface area contributed by atoms with E-state index in [2.05, 4.69) is 0 Å². The maximum atomic E-state index is 13.4. The van der Waals surface area contributed by atoms with Gasteiger partial charge in [0.15, 0.2) is 0 Å². The summed E-state index contributed by atoms with van der Waals surface area (Å²) in [6.45, 7) is 0. The summed E-state index contributed by atoms with van der Waals surface area (Å²) in [7, 11) is -1.37. The van der Waals surface area contributed by atoms with E-state index in [1.165, 1.54) is 12.1 Å². The number of para-hydroxylation sites is 1. The molecule has 140 valence electrons. The first-order valence-electron chi connectivity index (χ1n) is 8.61. The van der Waals surface area contributed by atoms with Gasteiger partial charge < -0.3 is 0 Å². The summed E-state index contributed by atoms with van der Waals surface area (Å²) in [4.78, 5) is 15.9. The molecule has 0 saturated heterocycles. The number of hydrogen-bond acceptors (Lipinski definition) is 4. The highest BCUT2D eigenvalue weighted by atomic mass is 35.5. The lowest BCUT2D eigenvalue weighted by Crippen LogP contribution is -2.12. The highest BCUT2D eigenvalue weighted by Gasteiger charge is 2.29. The third-order valence-corrected chi connectivity index (χ3v) is 6.70. The van der Waals surface area contributed by atoms with Gasteiger partial charge in [0, 0.05) is 29.1 Å². The summed E-state index contributed by atoms with van der Waals surface area (Å²) >= 11 is 6.39. The van der Waals surface area contributed by atoms with Gasteiger partial charge in [0.2, 0.25) is 0 Å². The third-order valence-electron chi connectivity index (χ3n) is 4.64. The fourth-order valence-electron chi connectivity index (χ4n) is 3.23. The number of aliphatic imine (C=N–C) groups is 1. The zero-order chi connectivity index (χ0) is 19.7. The number of halogens is 1. The van der Waals surface area contributed by atoms with Gasteiger partial charge in [-0.1, -0.05) is 54.1 Å². The van der Waals surface area contributed by atoms with Crippen LogP contribution in [0, 0.1) is 10.1 Å². The molecule has 2 unspecified atom stereocenters. The highest BCUT2D eigenvalue weighted by Crippen LogP contribution is 2.39. The third kappa shape index (κ3) is 3.48. The predicted molar refractivity (Wildman–Crippen MR) is 111 cm³/mol. The van der Waals surface area contributed by atoms with E-state index in [1.807, 2.05) is 42.5 Å². The van der Waals surface area contributed by atoms with Crippen molar-refractivity contribution in [3.63, 3.8) is 0 Å². The molecule has 0 radical (unpaired) electrons. The molecule has 0 saturated carbocycles. The van der Waals surface area contributed by atoms with Crippen LogP contribution >= 0.6 is 11.6 Å². The number of nitrogens with zero attached hydrogens (tertiary/aromatic N) is 2. The first kappa shape index (κ1) is 18.5. The Hall–Kier alpha value is -2.83. The van der Waals surface area contributed by atoms with Crippen molar-refractivity contribution in [3.05, 3.63) is 99.1 Å². The van der Waals surface area contributed by atoms with Crippen LogP contribution in [0.1, 0.15) is 22.8 Å². The Bertz CT molecular complexity index is 1110. The lowest BCUT2D eigenvalue weighted by Gasteiger charge is -2.16. The van der Waals surface area contributed by atoms with Crippen LogP contribution in [-0.4, -0.2) is 14.8 Å². The van der Waals surface area contributed by atoms with Gasteiger partial charge in [-0.05, 0) is 23.8 Å². The monoisotopic (exact) mass is 410 g/mol. The van der Waals surface area contributed by atoms with Crippen LogP contribution in [0.15, 0.2) is 82.7 Å². The van der Waals surface area contributed by atoms with Crippen LogP contribution in [-0.2, 0) is 10.8 Å². The molecule has 0 bridgehead atoms. The predicted octanol–water partition coefficient (Wildman–Crippen LogP) is 5.62. The lowest BCUT2D eigenvalue weighted by atomic mass is 10.0. The first-order valence-corrected chi connectivity index (χ1v) is 10.2. The maximum Gasteiger partial charge on any atom is 0.269 e. The lowest BCUT2D eigenvalue weighted by molar-refractivity contribution is -0.384. The summed E-state index contributed by atoms with van der Waals surface area (Å²) in [5.74, 6) is 0. The van der Waals surface area contributed by atoms with Gasteiger partial charge in [0.25, 0.3) is 5.69 Å². The second-order valence-electron chi connectivity index (χ2n) is 6.34. The topological polar surface area (TPSA) is 72.6 Å². The standard InChI is InChI=1S/C21H15ClN2O3S/c22-17-6-2-1-5-16(17)19-13-21(14-9-11-15(12-10-14)24(25)26)28(27)20-8-4-3-7-18(20)23-19/h1-12,21H,13H2. The molecule has 0 amide bonds. The van der Waals surface area contributed by atoms with Gasteiger partial charge in [-0.25, -0.2) is 0 Å². The molecule has 7 heteroatoms. The second kappa shape index (κ2) is 7.66. The van der Waals surface area contributed by atoms with E-state index in [4.69, 9.17) is 16.6 Å². The van der Waals surface area contributed by atoms with E-state index in [-0.39, 0.29) is 10.9 Å². The molecule has 1 aliphatic rings. The van der Waals surface area contributed by atoms with Gasteiger partial charge in [0.1, 0.15) is 0 Å². The van der Waals surface area contributed by atoms with Crippen molar-refractivity contribution in [2.45, 2.75) is 16.6 Å². The molecule has 4 rings (SSSR count). The zero-order valence-corrected chi connectivity index (χ0v) is 16.2. The van der Waals surface area contributed by atoms with Gasteiger partial charge in [-0.15, -0.1) is 0 Å². The molecule has 0 aliphatic carbocycles. The number of fused-ring (bicyclic) bond motifs is 1. The molecule has 3 aromatic carbocycles. The summed E-state index contributed by atoms with van der Waals surface area (Å²) in [6.07, 6.45) is 0.406. The molecule has 1 heterocycles. The Morgan fingerprint density at radius 3 is 2.39 bits per heavy atom. The minimum atomic E-state index is -1.37. The molecule has 0 spiro atoms. The summed E-state index contributed by atoms with van der Waals surface area (Å²) in [6, 6.07) is 21.0. The average molecular weight is 411 g/mol. The molecular formula is C21H15ClN2O3S. The highest BCUT2D eigenvalue weighted by molar-refractivity contribution is 7.85. The molecular weight excluding hydrogens is 396 g/mol. The Balaban J connectivity index is 1.84. The quantitative estimate of drug-likeness (QED) is 0.415. The maximum absolute atomic E-state index is 13.4. The largest absolute Gasteiger partial charge is 0.269 e. The molecule has 5 nitrogen and oxygen atoms in total. The first-order chi connectivity index (χ1) is 13.5. The molecule has 1 aliphatic heterocycles. The Morgan fingerprint density at radius 2 is 1.68 bits per heavy atom. The minimum absolute atomic E-state index is 0.00329. The summed E-state index contributed by atoms with van der Waals surface area (Å²) in [5, 5.41) is 11.1. The molecule has 0 fully saturated rings. The Morgan fingerprint density at radius 1 is 1.00 bits per heavy atom. The fraction of sp³-hybridized carbons (Fsp3) is 0.0952. The van der Waals surface area contributed by atoms with Crippen molar-refractivity contribution in [1.82, 2.24) is 0 Å². The van der Waals surface area contributed by atoms with Crippen LogP contribution in [0.2, 0.25) is 5.02 Å². The second-order valence-corrected chi connectivity index (χ2v) is 8.36. The minimum Gasteiger partial charge on any atom is -0.258 e. The number of nitro groups is 1. The Labute approximate surface area is 169 Å². The number of hydrogen-bond donors (Lipinski definition) is 0. The Kier molecular flexibility index (Phi) is 5.07. The van der Waals surface area contributed by atoms with Crippen molar-refractivity contribution < 1.29 is 9.13 Å². The number of benzene rings is 3. The van der Waals surface area contributed by atoms with E-state index in [1.54, 1.807) is 18.2 Å². The molecule has 28 heavy (non-hydrogen) atoms. The van der Waals surface area contributed by atoms with Crippen molar-refractivity contribution in [2.24, 2.45) is 4.99 Å². The zero-order valence-electron chi connectivity index (χ0n) is 14.6. The van der Waals surface area contributed by atoms with Gasteiger partial charge in [-0.2, -0.15) is 0 Å². The van der Waals surface area contributed by atoms with E-state index in [9.17, 15) is 14.3 Å². The summed E-state index contributed by atoms with van der Waals surface area (Å²) in [5.41, 5.74) is 2.96. The van der Waals surface area contributed by atoms with Crippen molar-refractivity contribution in [2.75, 3.05) is 0 Å². The van der Waals surface area contributed by atoms with Crippen LogP contribution in [0.5, 0.6) is 0 Å². The van der Waals surface area contributed by atoms with Crippen molar-refractivity contribution >= 4 is 39.5 Å². The van der Waals surface area contributed by atoms with E-state index < -0.39 is 15.7 Å². The smallest absolute Gasteiger partial charge is 0.258 e. The van der Waals surface area contributed by atoms with Crippen molar-refractivity contribution in [3.8, 4) is 0 Å². The van der Waals surface area contributed by atoms with Gasteiger partial charge >= 0.3 is 0 Å². The summed E-state index contributed by atoms with van der Waals surface area (Å²) < 4.78 is 13.4. The average Bonchev–Trinajstić information content (AvgIpc) is 2.85. The van der Waals surface area contributed by atoms with E-state index >= 15 is 0 Å². The van der Waals surface area contributed by atoms with Gasteiger partial charge in [-0.3, -0.25) is 19.3 Å². The fourth-order valence-corrected chi connectivity index (χ4v) is 5.03. The number of nitro benzene ring substituents is 1. The molecule has 0 aromatic heterocycles.